The van der Waals surface area contributed by atoms with Crippen molar-refractivity contribution in [3.63, 3.8) is 0 Å². The number of methoxy groups -OCH3 is 3. The summed E-state index contributed by atoms with van der Waals surface area (Å²) >= 11 is 0. The molecule has 0 unspecified atom stereocenters. The Morgan fingerprint density at radius 3 is 2.30 bits per heavy atom. The molecule has 0 saturated heterocycles. The Bertz CT molecular complexity index is 675. The number of carbonyl (C=O) groups excluding carboxylic acids is 2. The summed E-state index contributed by atoms with van der Waals surface area (Å²) in [6.07, 6.45) is -0.468. The highest BCUT2D eigenvalue weighted by Crippen LogP contribution is 2.12. The summed E-state index contributed by atoms with van der Waals surface area (Å²) < 4.78 is 27.0. The molecule has 0 aliphatic rings. The third-order valence-corrected chi connectivity index (χ3v) is 4.71. The minimum Gasteiger partial charge on any atom is -0.444 e. The SMILES string of the molecule is COC[C@H](CCOCc1ccccc1)N(CC(OC)OC)C(=O)CCNC(=O)OC(C)(C)C. The van der Waals surface area contributed by atoms with Crippen LogP contribution in [-0.2, 0) is 35.1 Å². The van der Waals surface area contributed by atoms with Gasteiger partial charge in [0.1, 0.15) is 5.60 Å². The molecule has 0 bridgehead atoms. The van der Waals surface area contributed by atoms with E-state index in [1.54, 1.807) is 32.8 Å². The van der Waals surface area contributed by atoms with Crippen molar-refractivity contribution in [3.05, 3.63) is 35.9 Å². The fraction of sp³-hybridized carbons (Fsp3) is 0.667. The lowest BCUT2D eigenvalue weighted by molar-refractivity contribution is -0.151. The van der Waals surface area contributed by atoms with E-state index in [0.29, 0.717) is 26.2 Å². The molecule has 1 aromatic carbocycles. The quantitative estimate of drug-likeness (QED) is 0.312. The summed E-state index contributed by atoms with van der Waals surface area (Å²) in [5.74, 6) is -0.157. The van der Waals surface area contributed by atoms with E-state index in [0.717, 1.165) is 5.56 Å². The largest absolute Gasteiger partial charge is 0.444 e. The number of ether oxygens (including phenoxy) is 5. The summed E-state index contributed by atoms with van der Waals surface area (Å²) in [7, 11) is 4.64. The molecule has 9 heteroatoms. The minimum atomic E-state index is -0.604. The van der Waals surface area contributed by atoms with Crippen LogP contribution in [0, 0.1) is 0 Å². The number of amides is 2. The Labute approximate surface area is 197 Å². The number of benzene rings is 1. The first-order valence-electron chi connectivity index (χ1n) is 11.1. The van der Waals surface area contributed by atoms with Gasteiger partial charge in [-0.1, -0.05) is 30.3 Å². The highest BCUT2D eigenvalue weighted by atomic mass is 16.7. The molecule has 0 aliphatic carbocycles. The van der Waals surface area contributed by atoms with E-state index in [1.165, 1.54) is 14.2 Å². The fourth-order valence-corrected chi connectivity index (χ4v) is 3.09. The molecule has 9 nitrogen and oxygen atoms in total. The molecule has 1 N–H and O–H groups in total. The van der Waals surface area contributed by atoms with Crippen molar-refractivity contribution in [2.75, 3.05) is 47.6 Å². The van der Waals surface area contributed by atoms with Gasteiger partial charge in [-0.25, -0.2) is 4.79 Å². The topological polar surface area (TPSA) is 95.6 Å². The number of hydrogen-bond donors (Lipinski definition) is 1. The normalized spacial score (nSPS) is 12.5. The van der Waals surface area contributed by atoms with Gasteiger partial charge in [0.05, 0.1) is 25.8 Å². The second-order valence-corrected chi connectivity index (χ2v) is 8.56. The van der Waals surface area contributed by atoms with Gasteiger partial charge in [0.25, 0.3) is 0 Å². The maximum atomic E-state index is 13.1. The lowest BCUT2D eigenvalue weighted by atomic mass is 10.1. The van der Waals surface area contributed by atoms with Gasteiger partial charge in [-0.2, -0.15) is 0 Å². The summed E-state index contributed by atoms with van der Waals surface area (Å²) in [6, 6.07) is 9.65. The van der Waals surface area contributed by atoms with Gasteiger partial charge in [0.2, 0.25) is 5.91 Å². The molecule has 0 fully saturated rings. The summed E-state index contributed by atoms with van der Waals surface area (Å²) in [6.45, 7) is 7.00. The molecular weight excluding hydrogens is 428 g/mol. The van der Waals surface area contributed by atoms with Gasteiger partial charge in [0.15, 0.2) is 6.29 Å². The van der Waals surface area contributed by atoms with Gasteiger partial charge in [-0.05, 0) is 32.8 Å². The molecule has 0 aliphatic heterocycles. The molecule has 0 heterocycles. The van der Waals surface area contributed by atoms with Gasteiger partial charge in [0, 0.05) is 40.9 Å². The second kappa shape index (κ2) is 15.6. The number of carbonyl (C=O) groups is 2. The zero-order valence-corrected chi connectivity index (χ0v) is 20.8. The molecule has 2 amide bonds. The first kappa shape index (κ1) is 28.8. The van der Waals surface area contributed by atoms with E-state index in [4.69, 9.17) is 23.7 Å². The number of nitrogens with one attached hydrogen (secondary N) is 1. The van der Waals surface area contributed by atoms with Crippen LogP contribution >= 0.6 is 0 Å². The van der Waals surface area contributed by atoms with Crippen LogP contribution in [0.25, 0.3) is 0 Å². The van der Waals surface area contributed by atoms with Crippen molar-refractivity contribution >= 4 is 12.0 Å². The molecule has 0 radical (unpaired) electrons. The Hall–Kier alpha value is -2.20. The van der Waals surface area contributed by atoms with E-state index in [1.807, 2.05) is 30.3 Å². The van der Waals surface area contributed by atoms with E-state index in [-0.39, 0.29) is 31.5 Å². The summed E-state index contributed by atoms with van der Waals surface area (Å²) in [5, 5.41) is 2.62. The zero-order valence-electron chi connectivity index (χ0n) is 20.8. The molecule has 1 rings (SSSR count). The third kappa shape index (κ3) is 12.6. The van der Waals surface area contributed by atoms with Gasteiger partial charge in [-0.3, -0.25) is 4.79 Å². The predicted molar refractivity (Wildman–Crippen MR) is 125 cm³/mol. The molecular formula is C24H40N2O7. The number of alkyl carbamates (subject to hydrolysis) is 1. The lowest BCUT2D eigenvalue weighted by Crippen LogP contribution is -2.48. The van der Waals surface area contributed by atoms with E-state index >= 15 is 0 Å². The monoisotopic (exact) mass is 468 g/mol. The highest BCUT2D eigenvalue weighted by Gasteiger charge is 2.27. The molecule has 0 saturated carbocycles. The maximum Gasteiger partial charge on any atom is 0.407 e. The first-order valence-corrected chi connectivity index (χ1v) is 11.1. The lowest BCUT2D eigenvalue weighted by Gasteiger charge is -2.33. The van der Waals surface area contributed by atoms with E-state index in [2.05, 4.69) is 5.32 Å². The van der Waals surface area contributed by atoms with E-state index in [9.17, 15) is 9.59 Å². The van der Waals surface area contributed by atoms with Crippen molar-refractivity contribution in [2.24, 2.45) is 0 Å². The second-order valence-electron chi connectivity index (χ2n) is 8.56. The third-order valence-electron chi connectivity index (χ3n) is 4.71. The summed E-state index contributed by atoms with van der Waals surface area (Å²) in [5.41, 5.74) is 0.480. The van der Waals surface area contributed by atoms with Crippen LogP contribution in [0.4, 0.5) is 4.79 Å². The van der Waals surface area contributed by atoms with Crippen LogP contribution in [0.15, 0.2) is 30.3 Å². The molecule has 0 spiro atoms. The minimum absolute atomic E-state index is 0.102. The van der Waals surface area contributed by atoms with Gasteiger partial charge >= 0.3 is 6.09 Å². The van der Waals surface area contributed by atoms with E-state index < -0.39 is 18.0 Å². The standard InChI is InChI=1S/C24H40N2O7/c1-24(2,3)33-23(28)25-14-12-21(27)26(16-22(30-5)31-6)20(18-29-4)13-15-32-17-19-10-8-7-9-11-19/h7-11,20,22H,12-18H2,1-6H3,(H,25,28)/t20-/m0/s1. The molecule has 0 aromatic heterocycles. The maximum absolute atomic E-state index is 13.1. The first-order chi connectivity index (χ1) is 15.7. The van der Waals surface area contributed by atoms with Crippen LogP contribution in [0.5, 0.6) is 0 Å². The van der Waals surface area contributed by atoms with Crippen molar-refractivity contribution in [1.29, 1.82) is 0 Å². The number of hydrogen-bond acceptors (Lipinski definition) is 7. The Morgan fingerprint density at radius 2 is 1.73 bits per heavy atom. The number of rotatable bonds is 15. The zero-order chi connectivity index (χ0) is 24.7. The smallest absolute Gasteiger partial charge is 0.407 e. The van der Waals surface area contributed by atoms with Crippen LogP contribution in [0.1, 0.15) is 39.2 Å². The van der Waals surface area contributed by atoms with Crippen molar-refractivity contribution in [2.45, 2.75) is 58.2 Å². The number of nitrogens with zero attached hydrogens (tertiary/aromatic N) is 1. The summed E-state index contributed by atoms with van der Waals surface area (Å²) in [4.78, 5) is 26.6. The molecule has 1 aromatic rings. The van der Waals surface area contributed by atoms with Crippen molar-refractivity contribution < 1.29 is 33.3 Å². The molecule has 1 atom stereocenters. The van der Waals surface area contributed by atoms with Gasteiger partial charge in [-0.15, -0.1) is 0 Å². The van der Waals surface area contributed by atoms with Gasteiger partial charge < -0.3 is 33.9 Å². The molecule has 33 heavy (non-hydrogen) atoms. The Kier molecular flexibility index (Phi) is 13.6. The highest BCUT2D eigenvalue weighted by molar-refractivity contribution is 5.77. The van der Waals surface area contributed by atoms with Crippen LogP contribution in [0.3, 0.4) is 0 Å². The van der Waals surface area contributed by atoms with Crippen LogP contribution < -0.4 is 5.32 Å². The predicted octanol–water partition coefficient (Wildman–Crippen LogP) is 2.97. The van der Waals surface area contributed by atoms with Crippen LogP contribution in [0.2, 0.25) is 0 Å². The Balaban J connectivity index is 2.71. The van der Waals surface area contributed by atoms with Crippen molar-refractivity contribution in [1.82, 2.24) is 10.2 Å². The fourth-order valence-electron chi connectivity index (χ4n) is 3.09. The van der Waals surface area contributed by atoms with Crippen LogP contribution in [-0.4, -0.2) is 82.5 Å². The Morgan fingerprint density at radius 1 is 1.06 bits per heavy atom. The molecule has 188 valence electrons. The average Bonchev–Trinajstić information content (AvgIpc) is 2.76. The van der Waals surface area contributed by atoms with Crippen molar-refractivity contribution in [3.8, 4) is 0 Å². The average molecular weight is 469 g/mol.